The molecule has 3 nitrogen and oxygen atoms in total. The molecule has 0 radical (unpaired) electrons. The molecule has 3 heteroatoms. The topological polar surface area (TPSA) is 41.5 Å². The van der Waals surface area contributed by atoms with Crippen molar-refractivity contribution >= 4 is 0 Å². The third kappa shape index (κ3) is 4.21. The maximum absolute atomic E-state index is 9.38. The van der Waals surface area contributed by atoms with Gasteiger partial charge >= 0.3 is 0 Å². The van der Waals surface area contributed by atoms with Gasteiger partial charge in [-0.05, 0) is 30.5 Å². The summed E-state index contributed by atoms with van der Waals surface area (Å²) in [5, 5.41) is 12.8. The molecule has 0 heterocycles. The van der Waals surface area contributed by atoms with Crippen LogP contribution in [0.4, 0.5) is 0 Å². The largest absolute Gasteiger partial charge is 0.508 e. The maximum atomic E-state index is 9.38. The van der Waals surface area contributed by atoms with Gasteiger partial charge in [-0.3, -0.25) is 0 Å². The molecule has 0 aromatic heterocycles. The minimum Gasteiger partial charge on any atom is -0.508 e. The van der Waals surface area contributed by atoms with Gasteiger partial charge in [0, 0.05) is 26.3 Å². The Balaban J connectivity index is 2.43. The number of methoxy groups -OCH3 is 1. The summed E-state index contributed by atoms with van der Waals surface area (Å²) in [6.07, 6.45) is 0. The van der Waals surface area contributed by atoms with E-state index < -0.39 is 0 Å². The first-order valence-corrected chi connectivity index (χ1v) is 5.64. The minimum atomic E-state index is 0.242. The lowest BCUT2D eigenvalue weighted by molar-refractivity contribution is 0.157. The van der Waals surface area contributed by atoms with E-state index in [0.29, 0.717) is 11.7 Å². The number of ether oxygens (including phenoxy) is 1. The number of benzene rings is 1. The van der Waals surface area contributed by atoms with Crippen LogP contribution in [0.15, 0.2) is 24.3 Å². The van der Waals surface area contributed by atoms with Crippen LogP contribution in [0.3, 0.4) is 0 Å². The summed E-state index contributed by atoms with van der Waals surface area (Å²) in [7, 11) is 1.72. The van der Waals surface area contributed by atoms with Crippen molar-refractivity contribution in [1.29, 1.82) is 0 Å². The average molecular weight is 223 g/mol. The summed E-state index contributed by atoms with van der Waals surface area (Å²) in [6, 6.07) is 7.59. The minimum absolute atomic E-state index is 0.242. The predicted molar refractivity (Wildman–Crippen MR) is 65.6 cm³/mol. The van der Waals surface area contributed by atoms with Crippen molar-refractivity contribution in [3.05, 3.63) is 29.8 Å². The first-order valence-electron chi connectivity index (χ1n) is 5.64. The number of hydrogen-bond donors (Lipinski definition) is 2. The van der Waals surface area contributed by atoms with E-state index in [-0.39, 0.29) is 6.04 Å². The van der Waals surface area contributed by atoms with Crippen molar-refractivity contribution < 1.29 is 9.84 Å². The number of rotatable bonds is 6. The lowest BCUT2D eigenvalue weighted by Crippen LogP contribution is -2.26. The zero-order chi connectivity index (χ0) is 12.0. The van der Waals surface area contributed by atoms with Crippen LogP contribution in [0.25, 0.3) is 0 Å². The molecule has 16 heavy (non-hydrogen) atoms. The lowest BCUT2D eigenvalue weighted by Gasteiger charge is -2.17. The van der Waals surface area contributed by atoms with Crippen LogP contribution in [0.5, 0.6) is 5.75 Å². The number of phenolic OH excluding ortho intramolecular Hbond substituents is 1. The summed E-state index contributed by atoms with van der Waals surface area (Å²) in [6.45, 7) is 5.91. The second-order valence-corrected chi connectivity index (χ2v) is 4.29. The monoisotopic (exact) mass is 223 g/mol. The van der Waals surface area contributed by atoms with Crippen LogP contribution in [-0.4, -0.2) is 25.4 Å². The number of phenols is 1. The standard InChI is InChI=1S/C13H21NO2/c1-10(9-16-3)8-14-11(2)12-5-4-6-13(15)7-12/h4-7,10-11,14-15H,8-9H2,1-3H3/t10-,11+/m0/s1. The Morgan fingerprint density at radius 3 is 2.75 bits per heavy atom. The summed E-state index contributed by atoms with van der Waals surface area (Å²) < 4.78 is 5.08. The van der Waals surface area contributed by atoms with Gasteiger partial charge in [0.15, 0.2) is 0 Å². The van der Waals surface area contributed by atoms with Gasteiger partial charge in [0.1, 0.15) is 5.75 Å². The van der Waals surface area contributed by atoms with Gasteiger partial charge in [-0.1, -0.05) is 19.1 Å². The Hall–Kier alpha value is -1.06. The molecule has 90 valence electrons. The molecule has 0 saturated carbocycles. The van der Waals surface area contributed by atoms with Crippen LogP contribution in [0, 0.1) is 5.92 Å². The zero-order valence-electron chi connectivity index (χ0n) is 10.2. The van der Waals surface area contributed by atoms with Gasteiger partial charge in [0.2, 0.25) is 0 Å². The van der Waals surface area contributed by atoms with Gasteiger partial charge < -0.3 is 15.2 Å². The fraction of sp³-hybridized carbons (Fsp3) is 0.538. The highest BCUT2D eigenvalue weighted by molar-refractivity contribution is 5.28. The lowest BCUT2D eigenvalue weighted by atomic mass is 10.1. The molecule has 1 rings (SSSR count). The van der Waals surface area contributed by atoms with E-state index in [1.165, 1.54) is 0 Å². The molecule has 0 saturated heterocycles. The molecule has 2 atom stereocenters. The molecule has 1 aromatic carbocycles. The smallest absolute Gasteiger partial charge is 0.115 e. The highest BCUT2D eigenvalue weighted by Crippen LogP contribution is 2.17. The Bertz CT molecular complexity index is 315. The summed E-state index contributed by atoms with van der Waals surface area (Å²) in [5.41, 5.74) is 1.10. The number of nitrogens with one attached hydrogen (secondary N) is 1. The summed E-state index contributed by atoms with van der Waals surface area (Å²) >= 11 is 0. The normalized spacial score (nSPS) is 14.7. The molecule has 0 unspecified atom stereocenters. The van der Waals surface area contributed by atoms with E-state index in [4.69, 9.17) is 4.74 Å². The van der Waals surface area contributed by atoms with E-state index >= 15 is 0 Å². The zero-order valence-corrected chi connectivity index (χ0v) is 10.2. The maximum Gasteiger partial charge on any atom is 0.115 e. The molecule has 0 aliphatic carbocycles. The van der Waals surface area contributed by atoms with Crippen LogP contribution in [0.2, 0.25) is 0 Å². The van der Waals surface area contributed by atoms with Crippen LogP contribution >= 0.6 is 0 Å². The SMILES string of the molecule is COC[C@@H](C)CN[C@H](C)c1cccc(O)c1. The molecular weight excluding hydrogens is 202 g/mol. The third-order valence-electron chi connectivity index (χ3n) is 2.59. The van der Waals surface area contributed by atoms with E-state index in [1.54, 1.807) is 19.2 Å². The molecule has 1 aromatic rings. The first kappa shape index (κ1) is 13.0. The highest BCUT2D eigenvalue weighted by atomic mass is 16.5. The van der Waals surface area contributed by atoms with Crippen molar-refractivity contribution in [2.24, 2.45) is 5.92 Å². The van der Waals surface area contributed by atoms with Gasteiger partial charge in [-0.25, -0.2) is 0 Å². The molecule has 0 aliphatic rings. The molecule has 0 aliphatic heterocycles. The Labute approximate surface area is 97.4 Å². The third-order valence-corrected chi connectivity index (χ3v) is 2.59. The van der Waals surface area contributed by atoms with E-state index in [2.05, 4.69) is 19.2 Å². The Kier molecular flexibility index (Phi) is 5.29. The van der Waals surface area contributed by atoms with E-state index in [0.717, 1.165) is 18.7 Å². The van der Waals surface area contributed by atoms with Crippen molar-refractivity contribution in [2.75, 3.05) is 20.3 Å². The van der Waals surface area contributed by atoms with Crippen LogP contribution in [-0.2, 0) is 4.74 Å². The summed E-state index contributed by atoms with van der Waals surface area (Å²) in [4.78, 5) is 0. The average Bonchev–Trinajstić information content (AvgIpc) is 2.26. The van der Waals surface area contributed by atoms with Gasteiger partial charge in [-0.15, -0.1) is 0 Å². The molecular formula is C13H21NO2. The Morgan fingerprint density at radius 1 is 1.38 bits per heavy atom. The van der Waals surface area contributed by atoms with Crippen molar-refractivity contribution in [3.63, 3.8) is 0 Å². The fourth-order valence-electron chi connectivity index (χ4n) is 1.63. The van der Waals surface area contributed by atoms with Crippen LogP contribution in [0.1, 0.15) is 25.5 Å². The molecule has 0 amide bonds. The second kappa shape index (κ2) is 6.51. The predicted octanol–water partition coefficient (Wildman–Crippen LogP) is 2.33. The van der Waals surface area contributed by atoms with Crippen LogP contribution < -0.4 is 5.32 Å². The fourth-order valence-corrected chi connectivity index (χ4v) is 1.63. The van der Waals surface area contributed by atoms with Gasteiger partial charge in [0.05, 0.1) is 0 Å². The van der Waals surface area contributed by atoms with Crippen molar-refractivity contribution in [2.45, 2.75) is 19.9 Å². The Morgan fingerprint density at radius 2 is 2.12 bits per heavy atom. The van der Waals surface area contributed by atoms with E-state index in [1.807, 2.05) is 12.1 Å². The molecule has 0 fully saturated rings. The van der Waals surface area contributed by atoms with E-state index in [9.17, 15) is 5.11 Å². The van der Waals surface area contributed by atoms with Crippen molar-refractivity contribution in [1.82, 2.24) is 5.32 Å². The second-order valence-electron chi connectivity index (χ2n) is 4.29. The molecule has 0 spiro atoms. The number of hydrogen-bond acceptors (Lipinski definition) is 3. The quantitative estimate of drug-likeness (QED) is 0.777. The first-order chi connectivity index (χ1) is 7.63. The van der Waals surface area contributed by atoms with Gasteiger partial charge in [0.25, 0.3) is 0 Å². The molecule has 2 N–H and O–H groups in total. The van der Waals surface area contributed by atoms with Crippen molar-refractivity contribution in [3.8, 4) is 5.75 Å². The highest BCUT2D eigenvalue weighted by Gasteiger charge is 2.07. The molecule has 0 bridgehead atoms. The van der Waals surface area contributed by atoms with Gasteiger partial charge in [-0.2, -0.15) is 0 Å². The summed E-state index contributed by atoms with van der Waals surface area (Å²) in [5.74, 6) is 0.806. The number of aromatic hydroxyl groups is 1.